The summed E-state index contributed by atoms with van der Waals surface area (Å²) in [5, 5.41) is -0.326. The highest BCUT2D eigenvalue weighted by molar-refractivity contribution is 7.90. The van der Waals surface area contributed by atoms with Crippen LogP contribution in [0, 0.1) is 0 Å². The van der Waals surface area contributed by atoms with Crippen LogP contribution in [-0.2, 0) is 10.0 Å². The van der Waals surface area contributed by atoms with E-state index < -0.39 is 10.0 Å². The zero-order valence-electron chi connectivity index (χ0n) is 5.71. The van der Waals surface area contributed by atoms with Crippen LogP contribution in [0.3, 0.4) is 0 Å². The first-order valence-corrected chi connectivity index (χ1v) is 3.97. The lowest BCUT2D eigenvalue weighted by molar-refractivity contribution is 0.579. The molecule has 0 unspecified atom stereocenters. The van der Waals surface area contributed by atoms with Crippen molar-refractivity contribution in [2.45, 2.75) is 19.1 Å². The van der Waals surface area contributed by atoms with Gasteiger partial charge in [-0.2, -0.15) is 0 Å². The molecule has 0 spiro atoms. The molecule has 0 saturated carbocycles. The predicted molar refractivity (Wildman–Crippen MR) is 40.4 cm³/mol. The fourth-order valence-electron chi connectivity index (χ4n) is 0.236. The van der Waals surface area contributed by atoms with Crippen molar-refractivity contribution in [2.75, 3.05) is 7.05 Å². The molecule has 0 saturated heterocycles. The molecule has 3 nitrogen and oxygen atoms in total. The minimum absolute atomic E-state index is 0. The molecule has 0 aliphatic heterocycles. The second-order valence-electron chi connectivity index (χ2n) is 1.80. The quantitative estimate of drug-likeness (QED) is 0.656. The molecule has 1 N–H and O–H groups in total. The molecule has 0 aromatic heterocycles. The van der Waals surface area contributed by atoms with Crippen molar-refractivity contribution in [1.82, 2.24) is 4.72 Å². The Hall–Kier alpha value is 0.200. The van der Waals surface area contributed by atoms with Gasteiger partial charge in [0.25, 0.3) is 0 Å². The first kappa shape index (κ1) is 11.9. The van der Waals surface area contributed by atoms with Crippen molar-refractivity contribution < 1.29 is 8.42 Å². The first-order chi connectivity index (χ1) is 3.50. The van der Waals surface area contributed by atoms with Gasteiger partial charge >= 0.3 is 0 Å². The van der Waals surface area contributed by atoms with Gasteiger partial charge in [0.2, 0.25) is 10.0 Å². The van der Waals surface area contributed by atoms with Crippen molar-refractivity contribution in [1.29, 1.82) is 0 Å². The highest BCUT2D eigenvalue weighted by Gasteiger charge is 2.10. The standard InChI is InChI=1S/C4H11NO2S.ClH/c1-4(2)8(6,7)5-3;/h4-5H,1-3H3;1H. The van der Waals surface area contributed by atoms with Gasteiger partial charge in [-0.25, -0.2) is 13.1 Å². The molecule has 0 rings (SSSR count). The average molecular weight is 174 g/mol. The highest BCUT2D eigenvalue weighted by atomic mass is 35.5. The minimum Gasteiger partial charge on any atom is -0.218 e. The Bertz CT molecular complexity index is 152. The molecule has 0 fully saturated rings. The van der Waals surface area contributed by atoms with Crippen LogP contribution >= 0.6 is 12.4 Å². The van der Waals surface area contributed by atoms with Crippen molar-refractivity contribution in [3.8, 4) is 0 Å². The van der Waals surface area contributed by atoms with Gasteiger partial charge in [0.05, 0.1) is 5.25 Å². The van der Waals surface area contributed by atoms with Crippen LogP contribution in [0.25, 0.3) is 0 Å². The van der Waals surface area contributed by atoms with Crippen molar-refractivity contribution in [2.24, 2.45) is 0 Å². The van der Waals surface area contributed by atoms with Crippen molar-refractivity contribution >= 4 is 22.4 Å². The van der Waals surface area contributed by atoms with Crippen molar-refractivity contribution in [3.05, 3.63) is 0 Å². The zero-order valence-corrected chi connectivity index (χ0v) is 7.34. The lowest BCUT2D eigenvalue weighted by atomic mass is 10.6. The number of hydrogen-bond acceptors (Lipinski definition) is 2. The van der Waals surface area contributed by atoms with E-state index in [1.54, 1.807) is 13.8 Å². The van der Waals surface area contributed by atoms with Gasteiger partial charge in [-0.05, 0) is 20.9 Å². The lowest BCUT2D eigenvalue weighted by Gasteiger charge is -2.02. The molecule has 0 aliphatic rings. The molecule has 0 bridgehead atoms. The lowest BCUT2D eigenvalue weighted by Crippen LogP contribution is -2.26. The summed E-state index contributed by atoms with van der Waals surface area (Å²) < 4.78 is 23.4. The number of rotatable bonds is 2. The van der Waals surface area contributed by atoms with Crippen LogP contribution in [-0.4, -0.2) is 20.7 Å². The summed E-state index contributed by atoms with van der Waals surface area (Å²) in [5.41, 5.74) is 0. The van der Waals surface area contributed by atoms with Crippen LogP contribution in [0.2, 0.25) is 0 Å². The Morgan fingerprint density at radius 2 is 1.67 bits per heavy atom. The Morgan fingerprint density at radius 1 is 1.33 bits per heavy atom. The normalized spacial score (nSPS) is 11.1. The second-order valence-corrected chi connectivity index (χ2v) is 4.24. The molecule has 9 heavy (non-hydrogen) atoms. The van der Waals surface area contributed by atoms with E-state index in [4.69, 9.17) is 0 Å². The second kappa shape index (κ2) is 4.09. The van der Waals surface area contributed by atoms with E-state index in [0.717, 1.165) is 0 Å². The smallest absolute Gasteiger partial charge is 0.213 e. The van der Waals surface area contributed by atoms with E-state index in [0.29, 0.717) is 0 Å². The number of hydrogen-bond donors (Lipinski definition) is 1. The molecule has 0 radical (unpaired) electrons. The summed E-state index contributed by atoms with van der Waals surface area (Å²) in [5.74, 6) is 0. The largest absolute Gasteiger partial charge is 0.218 e. The number of nitrogens with one attached hydrogen (secondary N) is 1. The number of sulfonamides is 1. The highest BCUT2D eigenvalue weighted by Crippen LogP contribution is 1.92. The monoisotopic (exact) mass is 173 g/mol. The molecule has 0 aliphatic carbocycles. The van der Waals surface area contributed by atoms with Gasteiger partial charge in [-0.15, -0.1) is 12.4 Å². The average Bonchev–Trinajstić information content (AvgIpc) is 1.67. The maximum absolute atomic E-state index is 10.6. The SMILES string of the molecule is CNS(=O)(=O)C(C)C.Cl. The van der Waals surface area contributed by atoms with Crippen LogP contribution in [0.4, 0.5) is 0 Å². The van der Waals surface area contributed by atoms with Gasteiger partial charge in [0.1, 0.15) is 0 Å². The third kappa shape index (κ3) is 3.72. The molecule has 0 heterocycles. The van der Waals surface area contributed by atoms with Gasteiger partial charge in [-0.1, -0.05) is 0 Å². The number of halogens is 1. The van der Waals surface area contributed by atoms with Gasteiger partial charge in [-0.3, -0.25) is 0 Å². The molecule has 0 amide bonds. The summed E-state index contributed by atoms with van der Waals surface area (Å²) in [6, 6.07) is 0. The van der Waals surface area contributed by atoms with E-state index in [1.165, 1.54) is 7.05 Å². The Labute approximate surface area is 62.3 Å². The van der Waals surface area contributed by atoms with Crippen molar-refractivity contribution in [3.63, 3.8) is 0 Å². The predicted octanol–water partition coefficient (Wildman–Crippen LogP) is 0.366. The molecular formula is C4H12ClNO2S. The van der Waals surface area contributed by atoms with Crippen LogP contribution in [0.1, 0.15) is 13.8 Å². The van der Waals surface area contributed by atoms with Gasteiger partial charge in [0.15, 0.2) is 0 Å². The molecule has 0 aromatic rings. The van der Waals surface area contributed by atoms with Gasteiger partial charge in [0, 0.05) is 0 Å². The van der Waals surface area contributed by atoms with Crippen LogP contribution in [0.5, 0.6) is 0 Å². The van der Waals surface area contributed by atoms with Crippen LogP contribution in [0.15, 0.2) is 0 Å². The Kier molecular flexibility index (Phi) is 5.42. The molecule has 5 heteroatoms. The van der Waals surface area contributed by atoms with E-state index in [9.17, 15) is 8.42 Å². The third-order valence-corrected chi connectivity index (χ3v) is 2.72. The molecule has 58 valence electrons. The summed E-state index contributed by atoms with van der Waals surface area (Å²) in [7, 11) is -1.57. The third-order valence-electron chi connectivity index (χ3n) is 0.905. The summed E-state index contributed by atoms with van der Waals surface area (Å²) in [4.78, 5) is 0. The minimum atomic E-state index is -2.99. The zero-order chi connectivity index (χ0) is 6.78. The molecular weight excluding hydrogens is 162 g/mol. The maximum Gasteiger partial charge on any atom is 0.213 e. The summed E-state index contributed by atoms with van der Waals surface area (Å²) in [6.45, 7) is 3.26. The molecule has 0 atom stereocenters. The topological polar surface area (TPSA) is 46.2 Å². The fraction of sp³-hybridized carbons (Fsp3) is 1.00. The van der Waals surface area contributed by atoms with E-state index >= 15 is 0 Å². The molecule has 0 aromatic carbocycles. The van der Waals surface area contributed by atoms with Gasteiger partial charge < -0.3 is 0 Å². The summed E-state index contributed by atoms with van der Waals surface area (Å²) >= 11 is 0. The summed E-state index contributed by atoms with van der Waals surface area (Å²) in [6.07, 6.45) is 0. The van der Waals surface area contributed by atoms with Crippen LogP contribution < -0.4 is 4.72 Å². The van der Waals surface area contributed by atoms with E-state index in [1.807, 2.05) is 0 Å². The van der Waals surface area contributed by atoms with E-state index in [2.05, 4.69) is 4.72 Å². The van der Waals surface area contributed by atoms with E-state index in [-0.39, 0.29) is 17.7 Å². The maximum atomic E-state index is 10.6. The fourth-order valence-corrected chi connectivity index (χ4v) is 0.707. The Balaban J connectivity index is 0. The Morgan fingerprint density at radius 3 is 1.67 bits per heavy atom. The first-order valence-electron chi connectivity index (χ1n) is 2.43.